The van der Waals surface area contributed by atoms with E-state index in [9.17, 15) is 5.26 Å². The molecule has 90 valence electrons. The molecule has 2 aliphatic heterocycles. The van der Waals surface area contributed by atoms with Gasteiger partial charge in [0, 0.05) is 12.1 Å². The Morgan fingerprint density at radius 3 is 2.82 bits per heavy atom. The Morgan fingerprint density at radius 2 is 2.06 bits per heavy atom. The maximum Gasteiger partial charge on any atom is 0.142 e. The van der Waals surface area contributed by atoms with Gasteiger partial charge in [-0.25, -0.2) is 0 Å². The highest BCUT2D eigenvalue weighted by Crippen LogP contribution is 2.25. The Morgan fingerprint density at radius 1 is 1.24 bits per heavy atom. The highest BCUT2D eigenvalue weighted by molar-refractivity contribution is 5.37. The number of nitrogens with zero attached hydrogens (tertiary/aromatic N) is 3. The van der Waals surface area contributed by atoms with Crippen LogP contribution in [0.2, 0.25) is 0 Å². The van der Waals surface area contributed by atoms with Gasteiger partial charge in [-0.05, 0) is 38.9 Å². The van der Waals surface area contributed by atoms with Crippen molar-refractivity contribution < 1.29 is 0 Å². The predicted molar refractivity (Wildman–Crippen MR) is 63.5 cm³/mol. The Labute approximate surface area is 101 Å². The zero-order chi connectivity index (χ0) is 11.7. The lowest BCUT2D eigenvalue weighted by molar-refractivity contribution is 0.339. The molecule has 1 fully saturated rings. The second-order valence-corrected chi connectivity index (χ2v) is 4.74. The molecule has 0 unspecified atom stereocenters. The number of hydrogen-bond donors (Lipinski definition) is 2. The van der Waals surface area contributed by atoms with E-state index in [0.29, 0.717) is 6.04 Å². The summed E-state index contributed by atoms with van der Waals surface area (Å²) in [5.41, 5.74) is 3.05. The van der Waals surface area contributed by atoms with Crippen LogP contribution in [0.4, 0.5) is 0 Å². The van der Waals surface area contributed by atoms with Gasteiger partial charge in [0.25, 0.3) is 0 Å². The predicted octanol–water partition coefficient (Wildman–Crippen LogP) is 0.325. The molecule has 2 N–H and O–H groups in total. The van der Waals surface area contributed by atoms with Crippen LogP contribution >= 0.6 is 0 Å². The lowest BCUT2D eigenvalue weighted by Crippen LogP contribution is -2.30. The molecule has 0 aliphatic carbocycles. The fourth-order valence-corrected chi connectivity index (χ4v) is 2.77. The van der Waals surface area contributed by atoms with Gasteiger partial charge < -0.3 is 10.6 Å². The number of piperidine rings is 1. The number of rotatable bonds is 1. The summed E-state index contributed by atoms with van der Waals surface area (Å²) >= 11 is 0. The fraction of sp³-hybridized carbons (Fsp3) is 0.667. The summed E-state index contributed by atoms with van der Waals surface area (Å²) in [6, 6.07) is 2.75. The summed E-state index contributed by atoms with van der Waals surface area (Å²) in [5.74, 6) is 0. The first-order valence-corrected chi connectivity index (χ1v) is 6.32. The van der Waals surface area contributed by atoms with Crippen LogP contribution in [0, 0.1) is 11.3 Å². The molecule has 0 amide bonds. The smallest absolute Gasteiger partial charge is 0.142 e. The van der Waals surface area contributed by atoms with Gasteiger partial charge in [-0.2, -0.15) is 10.4 Å². The molecule has 3 heterocycles. The normalized spacial score (nSPS) is 20.9. The molecule has 5 heteroatoms. The third kappa shape index (κ3) is 1.84. The quantitative estimate of drug-likeness (QED) is 0.731. The number of fused-ring (bicyclic) bond motifs is 1. The van der Waals surface area contributed by atoms with Crippen molar-refractivity contribution in [3.63, 3.8) is 0 Å². The minimum Gasteiger partial charge on any atom is -0.317 e. The van der Waals surface area contributed by atoms with Crippen molar-refractivity contribution in [2.24, 2.45) is 0 Å². The van der Waals surface area contributed by atoms with E-state index in [1.807, 2.05) is 4.68 Å². The Balaban J connectivity index is 1.98. The van der Waals surface area contributed by atoms with Crippen molar-refractivity contribution >= 4 is 0 Å². The summed E-state index contributed by atoms with van der Waals surface area (Å²) in [6.45, 7) is 3.82. The van der Waals surface area contributed by atoms with Gasteiger partial charge in [0.1, 0.15) is 11.8 Å². The second kappa shape index (κ2) is 4.47. The average molecular weight is 231 g/mol. The van der Waals surface area contributed by atoms with Crippen LogP contribution in [-0.4, -0.2) is 29.4 Å². The van der Waals surface area contributed by atoms with Crippen molar-refractivity contribution in [3.05, 3.63) is 17.0 Å². The minimum atomic E-state index is 0.400. The zero-order valence-electron chi connectivity index (χ0n) is 9.87. The molecule has 5 nitrogen and oxygen atoms in total. The topological polar surface area (TPSA) is 65.7 Å². The Kier molecular flexibility index (Phi) is 2.83. The highest BCUT2D eigenvalue weighted by atomic mass is 15.3. The van der Waals surface area contributed by atoms with Crippen LogP contribution in [0.3, 0.4) is 0 Å². The van der Waals surface area contributed by atoms with E-state index in [1.165, 1.54) is 5.56 Å². The molecule has 0 saturated carbocycles. The van der Waals surface area contributed by atoms with E-state index in [0.717, 1.165) is 56.8 Å². The van der Waals surface area contributed by atoms with E-state index >= 15 is 0 Å². The number of aromatic nitrogens is 2. The molecule has 0 aromatic carbocycles. The van der Waals surface area contributed by atoms with Gasteiger partial charge >= 0.3 is 0 Å². The summed E-state index contributed by atoms with van der Waals surface area (Å²) in [5, 5.41) is 20.7. The molecule has 1 aromatic rings. The monoisotopic (exact) mass is 231 g/mol. The standard InChI is InChI=1S/C12H17N5/c13-7-12-10-3-6-15-8-11(10)16-17(12)9-1-4-14-5-2-9/h9,14-15H,1-6,8H2. The largest absolute Gasteiger partial charge is 0.317 e. The third-order valence-corrected chi connectivity index (χ3v) is 3.70. The van der Waals surface area contributed by atoms with Gasteiger partial charge in [-0.1, -0.05) is 0 Å². The summed E-state index contributed by atoms with van der Waals surface area (Å²) in [4.78, 5) is 0. The Bertz CT molecular complexity index is 450. The minimum absolute atomic E-state index is 0.400. The molecule has 0 atom stereocenters. The van der Waals surface area contributed by atoms with Crippen LogP contribution in [-0.2, 0) is 13.0 Å². The van der Waals surface area contributed by atoms with Crippen LogP contribution in [0.5, 0.6) is 0 Å². The van der Waals surface area contributed by atoms with E-state index in [2.05, 4.69) is 21.8 Å². The molecule has 0 bridgehead atoms. The molecule has 0 spiro atoms. The molecule has 2 aliphatic rings. The van der Waals surface area contributed by atoms with E-state index in [4.69, 9.17) is 0 Å². The number of nitriles is 1. The summed E-state index contributed by atoms with van der Waals surface area (Å²) in [6.07, 6.45) is 3.08. The van der Waals surface area contributed by atoms with E-state index in [1.54, 1.807) is 0 Å². The van der Waals surface area contributed by atoms with Gasteiger partial charge in [-0.15, -0.1) is 0 Å². The lowest BCUT2D eigenvalue weighted by Gasteiger charge is -2.23. The lowest BCUT2D eigenvalue weighted by atomic mass is 10.0. The van der Waals surface area contributed by atoms with Crippen molar-refractivity contribution in [2.75, 3.05) is 19.6 Å². The maximum absolute atomic E-state index is 9.35. The van der Waals surface area contributed by atoms with Crippen LogP contribution in [0.1, 0.15) is 35.8 Å². The van der Waals surface area contributed by atoms with Crippen molar-refractivity contribution in [2.45, 2.75) is 31.8 Å². The zero-order valence-corrected chi connectivity index (χ0v) is 9.87. The van der Waals surface area contributed by atoms with Crippen LogP contribution in [0.15, 0.2) is 0 Å². The van der Waals surface area contributed by atoms with Crippen LogP contribution < -0.4 is 10.6 Å². The Hall–Kier alpha value is -1.38. The van der Waals surface area contributed by atoms with Crippen molar-refractivity contribution in [1.29, 1.82) is 5.26 Å². The SMILES string of the molecule is N#Cc1c2c(nn1C1CCNCC1)CNCC2. The summed E-state index contributed by atoms with van der Waals surface area (Å²) < 4.78 is 1.98. The first-order valence-electron chi connectivity index (χ1n) is 6.32. The molecule has 17 heavy (non-hydrogen) atoms. The van der Waals surface area contributed by atoms with Gasteiger partial charge in [0.2, 0.25) is 0 Å². The highest BCUT2D eigenvalue weighted by Gasteiger charge is 2.25. The molecule has 1 aromatic heterocycles. The third-order valence-electron chi connectivity index (χ3n) is 3.70. The van der Waals surface area contributed by atoms with E-state index in [-0.39, 0.29) is 0 Å². The molecule has 1 saturated heterocycles. The number of nitrogens with one attached hydrogen (secondary N) is 2. The van der Waals surface area contributed by atoms with Gasteiger partial charge in [-0.3, -0.25) is 4.68 Å². The van der Waals surface area contributed by atoms with Crippen LogP contribution in [0.25, 0.3) is 0 Å². The van der Waals surface area contributed by atoms with Gasteiger partial charge in [0.05, 0.1) is 11.7 Å². The maximum atomic E-state index is 9.35. The second-order valence-electron chi connectivity index (χ2n) is 4.74. The van der Waals surface area contributed by atoms with Crippen molar-refractivity contribution in [3.8, 4) is 6.07 Å². The fourth-order valence-electron chi connectivity index (χ4n) is 2.77. The van der Waals surface area contributed by atoms with E-state index < -0.39 is 0 Å². The number of hydrogen-bond acceptors (Lipinski definition) is 4. The molecular weight excluding hydrogens is 214 g/mol. The molecule has 0 radical (unpaired) electrons. The molecular formula is C12H17N5. The summed E-state index contributed by atoms with van der Waals surface area (Å²) in [7, 11) is 0. The van der Waals surface area contributed by atoms with Crippen molar-refractivity contribution in [1.82, 2.24) is 20.4 Å². The molecule has 3 rings (SSSR count). The average Bonchev–Trinajstić information content (AvgIpc) is 2.78. The van der Waals surface area contributed by atoms with Gasteiger partial charge in [0.15, 0.2) is 0 Å². The first-order chi connectivity index (χ1) is 8.40. The first kappa shape index (κ1) is 10.8.